The monoisotopic (exact) mass is 247 g/mol. The van der Waals surface area contributed by atoms with E-state index in [0.717, 1.165) is 38.0 Å². The van der Waals surface area contributed by atoms with Crippen molar-refractivity contribution in [1.82, 2.24) is 4.90 Å². The topological polar surface area (TPSA) is 23.5 Å². The van der Waals surface area contributed by atoms with E-state index in [2.05, 4.69) is 49.9 Å². The van der Waals surface area contributed by atoms with Gasteiger partial charge >= 0.3 is 0 Å². The first-order valence-corrected chi connectivity index (χ1v) is 7.01. The Morgan fingerprint density at radius 1 is 1.17 bits per heavy atom. The van der Waals surface area contributed by atoms with Gasteiger partial charge in [0.15, 0.2) is 0 Å². The molecule has 18 heavy (non-hydrogen) atoms. The van der Waals surface area contributed by atoms with Crippen LogP contribution in [0.3, 0.4) is 0 Å². The summed E-state index contributed by atoms with van der Waals surface area (Å²) in [5.74, 6) is 0.704. The van der Waals surface area contributed by atoms with Crippen LogP contribution in [0.2, 0.25) is 0 Å². The van der Waals surface area contributed by atoms with Gasteiger partial charge in [-0.05, 0) is 31.2 Å². The van der Waals surface area contributed by atoms with Gasteiger partial charge in [0, 0.05) is 19.6 Å². The average molecular weight is 247 g/mol. The number of hydrogen-bond acceptors (Lipinski definition) is 2. The molecule has 0 bridgehead atoms. The quantitative estimate of drug-likeness (QED) is 0.887. The molecule has 2 heteroatoms. The van der Waals surface area contributed by atoms with Crippen LogP contribution >= 0.6 is 0 Å². The summed E-state index contributed by atoms with van der Waals surface area (Å²) in [7, 11) is 0. The molecule has 0 aliphatic carbocycles. The Hall–Kier alpha value is -0.860. The van der Waals surface area contributed by atoms with Gasteiger partial charge in [-0.2, -0.15) is 0 Å². The SMILES string of the molecule is Cc1ccc(C2(O)CCN(CC(C)C)CC2)cc1. The van der Waals surface area contributed by atoms with Crippen molar-refractivity contribution in [2.24, 2.45) is 5.92 Å². The zero-order valence-corrected chi connectivity index (χ0v) is 11.8. The second kappa shape index (κ2) is 5.41. The van der Waals surface area contributed by atoms with E-state index in [1.165, 1.54) is 5.56 Å². The van der Waals surface area contributed by atoms with Gasteiger partial charge in [0.2, 0.25) is 0 Å². The maximum Gasteiger partial charge on any atom is 0.0920 e. The molecule has 1 heterocycles. The van der Waals surface area contributed by atoms with E-state index in [4.69, 9.17) is 0 Å². The summed E-state index contributed by atoms with van der Waals surface area (Å²) >= 11 is 0. The van der Waals surface area contributed by atoms with Gasteiger partial charge in [-0.1, -0.05) is 43.7 Å². The summed E-state index contributed by atoms with van der Waals surface area (Å²) in [6.07, 6.45) is 1.70. The molecular formula is C16H25NO. The highest BCUT2D eigenvalue weighted by Crippen LogP contribution is 2.33. The highest BCUT2D eigenvalue weighted by molar-refractivity contribution is 5.27. The predicted octanol–water partition coefficient (Wildman–Crippen LogP) is 2.93. The standard InChI is InChI=1S/C16H25NO/c1-13(2)12-17-10-8-16(18,9-11-17)15-6-4-14(3)5-7-15/h4-7,13,18H,8-12H2,1-3H3. The van der Waals surface area contributed by atoms with Crippen molar-refractivity contribution in [2.75, 3.05) is 19.6 Å². The summed E-state index contributed by atoms with van der Waals surface area (Å²) < 4.78 is 0. The lowest BCUT2D eigenvalue weighted by atomic mass is 9.84. The van der Waals surface area contributed by atoms with Gasteiger partial charge in [0.05, 0.1) is 5.60 Å². The fourth-order valence-corrected chi connectivity index (χ4v) is 2.77. The van der Waals surface area contributed by atoms with Crippen LogP contribution in [0.4, 0.5) is 0 Å². The molecule has 1 saturated heterocycles. The minimum Gasteiger partial charge on any atom is -0.385 e. The second-order valence-corrected chi connectivity index (χ2v) is 6.09. The minimum absolute atomic E-state index is 0.610. The molecule has 2 nitrogen and oxygen atoms in total. The first-order chi connectivity index (χ1) is 8.49. The predicted molar refractivity (Wildman–Crippen MR) is 75.6 cm³/mol. The van der Waals surface area contributed by atoms with E-state index in [9.17, 15) is 5.11 Å². The molecule has 1 aromatic rings. The molecule has 0 aromatic heterocycles. The Morgan fingerprint density at radius 2 is 1.72 bits per heavy atom. The van der Waals surface area contributed by atoms with Crippen LogP contribution in [0.25, 0.3) is 0 Å². The molecule has 1 aliphatic rings. The molecule has 100 valence electrons. The summed E-state index contributed by atoms with van der Waals surface area (Å²) in [5.41, 5.74) is 1.72. The molecule has 0 atom stereocenters. The number of likely N-dealkylation sites (tertiary alicyclic amines) is 1. The van der Waals surface area contributed by atoms with Crippen LogP contribution in [0, 0.1) is 12.8 Å². The van der Waals surface area contributed by atoms with Crippen LogP contribution in [-0.2, 0) is 5.60 Å². The van der Waals surface area contributed by atoms with Gasteiger partial charge in [-0.25, -0.2) is 0 Å². The second-order valence-electron chi connectivity index (χ2n) is 6.09. The van der Waals surface area contributed by atoms with Crippen LogP contribution < -0.4 is 0 Å². The van der Waals surface area contributed by atoms with Crippen LogP contribution in [0.5, 0.6) is 0 Å². The van der Waals surface area contributed by atoms with Crippen LogP contribution in [-0.4, -0.2) is 29.6 Å². The van der Waals surface area contributed by atoms with Crippen molar-refractivity contribution in [1.29, 1.82) is 0 Å². The summed E-state index contributed by atoms with van der Waals surface area (Å²) in [6.45, 7) is 9.73. The molecule has 0 spiro atoms. The normalized spacial score (nSPS) is 20.3. The minimum atomic E-state index is -0.610. The Labute approximate surface area is 111 Å². The maximum absolute atomic E-state index is 10.8. The van der Waals surface area contributed by atoms with Crippen molar-refractivity contribution >= 4 is 0 Å². The molecule has 0 saturated carbocycles. The Morgan fingerprint density at radius 3 is 2.22 bits per heavy atom. The van der Waals surface area contributed by atoms with Gasteiger partial charge in [0.1, 0.15) is 0 Å². The third-order valence-electron chi connectivity index (χ3n) is 3.90. The number of piperidine rings is 1. The third kappa shape index (κ3) is 3.12. The lowest BCUT2D eigenvalue weighted by Gasteiger charge is -2.39. The van der Waals surface area contributed by atoms with Crippen LogP contribution in [0.1, 0.15) is 37.8 Å². The molecule has 1 N–H and O–H groups in total. The number of benzene rings is 1. The average Bonchev–Trinajstić information content (AvgIpc) is 2.32. The molecular weight excluding hydrogens is 222 g/mol. The Kier molecular flexibility index (Phi) is 4.08. The number of aliphatic hydroxyl groups is 1. The first-order valence-electron chi connectivity index (χ1n) is 7.01. The maximum atomic E-state index is 10.8. The van der Waals surface area contributed by atoms with Crippen LogP contribution in [0.15, 0.2) is 24.3 Å². The van der Waals surface area contributed by atoms with E-state index in [1.54, 1.807) is 0 Å². The van der Waals surface area contributed by atoms with Crippen molar-refractivity contribution in [2.45, 2.75) is 39.2 Å². The van der Waals surface area contributed by atoms with E-state index < -0.39 is 5.60 Å². The summed E-state index contributed by atoms with van der Waals surface area (Å²) in [5, 5.41) is 10.8. The number of hydrogen-bond donors (Lipinski definition) is 1. The van der Waals surface area contributed by atoms with Gasteiger partial charge < -0.3 is 10.0 Å². The number of nitrogens with zero attached hydrogens (tertiary/aromatic N) is 1. The van der Waals surface area contributed by atoms with E-state index in [-0.39, 0.29) is 0 Å². The smallest absolute Gasteiger partial charge is 0.0920 e. The zero-order chi connectivity index (χ0) is 13.2. The lowest BCUT2D eigenvalue weighted by Crippen LogP contribution is -2.43. The van der Waals surface area contributed by atoms with Gasteiger partial charge in [0.25, 0.3) is 0 Å². The first kappa shape index (κ1) is 13.6. The largest absolute Gasteiger partial charge is 0.385 e. The summed E-state index contributed by atoms with van der Waals surface area (Å²) in [6, 6.07) is 8.34. The van der Waals surface area contributed by atoms with Gasteiger partial charge in [-0.15, -0.1) is 0 Å². The Bertz CT molecular complexity index is 375. The van der Waals surface area contributed by atoms with Crippen molar-refractivity contribution in [3.8, 4) is 0 Å². The highest BCUT2D eigenvalue weighted by atomic mass is 16.3. The van der Waals surface area contributed by atoms with Gasteiger partial charge in [-0.3, -0.25) is 0 Å². The van der Waals surface area contributed by atoms with E-state index in [1.807, 2.05) is 0 Å². The van der Waals surface area contributed by atoms with Crippen molar-refractivity contribution in [3.05, 3.63) is 35.4 Å². The third-order valence-corrected chi connectivity index (χ3v) is 3.90. The molecule has 1 fully saturated rings. The molecule has 0 amide bonds. The lowest BCUT2D eigenvalue weighted by molar-refractivity contribution is -0.0279. The van der Waals surface area contributed by atoms with Crippen molar-refractivity contribution in [3.63, 3.8) is 0 Å². The molecule has 1 aromatic carbocycles. The van der Waals surface area contributed by atoms with E-state index in [0.29, 0.717) is 5.92 Å². The molecule has 0 radical (unpaired) electrons. The number of aryl methyl sites for hydroxylation is 1. The fraction of sp³-hybridized carbons (Fsp3) is 0.625. The number of rotatable bonds is 3. The molecule has 1 aliphatic heterocycles. The highest BCUT2D eigenvalue weighted by Gasteiger charge is 2.33. The molecule has 2 rings (SSSR count). The van der Waals surface area contributed by atoms with Crippen molar-refractivity contribution < 1.29 is 5.11 Å². The van der Waals surface area contributed by atoms with E-state index >= 15 is 0 Å². The fourth-order valence-electron chi connectivity index (χ4n) is 2.77. The summed E-state index contributed by atoms with van der Waals surface area (Å²) in [4.78, 5) is 2.47. The zero-order valence-electron chi connectivity index (χ0n) is 11.8. The molecule has 0 unspecified atom stereocenters. The Balaban J connectivity index is 2.00.